The van der Waals surface area contributed by atoms with Gasteiger partial charge in [-0.2, -0.15) is 0 Å². The Bertz CT molecular complexity index is 1020. The van der Waals surface area contributed by atoms with E-state index in [4.69, 9.17) is 4.98 Å². The van der Waals surface area contributed by atoms with Crippen LogP contribution in [0.5, 0.6) is 0 Å². The van der Waals surface area contributed by atoms with Crippen molar-refractivity contribution in [2.75, 3.05) is 24.3 Å². The second-order valence-corrected chi connectivity index (χ2v) is 6.29. The van der Waals surface area contributed by atoms with Gasteiger partial charge in [0.25, 0.3) is 0 Å². The first kappa shape index (κ1) is 16.1. The normalized spacial score (nSPS) is 10.8. The Kier molecular flexibility index (Phi) is 4.23. The fourth-order valence-electron chi connectivity index (χ4n) is 2.84. The first-order valence-corrected chi connectivity index (χ1v) is 8.46. The van der Waals surface area contributed by atoms with Gasteiger partial charge in [0.15, 0.2) is 5.82 Å². The summed E-state index contributed by atoms with van der Waals surface area (Å²) in [5.74, 6) is 1.59. The van der Waals surface area contributed by atoms with Crippen LogP contribution >= 0.6 is 0 Å². The number of anilines is 2. The van der Waals surface area contributed by atoms with E-state index in [0.29, 0.717) is 6.54 Å². The monoisotopic (exact) mass is 344 g/mol. The largest absolute Gasteiger partial charge is 0.378 e. The van der Waals surface area contributed by atoms with Gasteiger partial charge in [-0.1, -0.05) is 12.1 Å². The van der Waals surface area contributed by atoms with Crippen LogP contribution < -0.4 is 10.2 Å². The smallest absolute Gasteiger partial charge is 0.154 e. The number of imidazole rings is 1. The number of aromatic nitrogens is 4. The number of hydrogen-bond acceptors (Lipinski definition) is 5. The lowest BCUT2D eigenvalue weighted by Gasteiger charge is -2.14. The summed E-state index contributed by atoms with van der Waals surface area (Å²) in [4.78, 5) is 18.7. The zero-order valence-electron chi connectivity index (χ0n) is 14.8. The highest BCUT2D eigenvalue weighted by atomic mass is 15.1. The Morgan fingerprint density at radius 2 is 1.88 bits per heavy atom. The molecule has 0 fully saturated rings. The van der Waals surface area contributed by atoms with Gasteiger partial charge < -0.3 is 15.2 Å². The van der Waals surface area contributed by atoms with E-state index >= 15 is 0 Å². The molecule has 0 atom stereocenters. The summed E-state index contributed by atoms with van der Waals surface area (Å²) in [5.41, 5.74) is 5.16. The fraction of sp³-hybridized carbons (Fsp3) is 0.150. The van der Waals surface area contributed by atoms with Gasteiger partial charge >= 0.3 is 0 Å². The Balaban J connectivity index is 1.61. The minimum atomic E-state index is 0.686. The molecule has 0 amide bonds. The number of nitrogens with one attached hydrogen (secondary N) is 2. The number of H-pyrrole nitrogens is 1. The van der Waals surface area contributed by atoms with Crippen molar-refractivity contribution in [3.8, 4) is 11.4 Å². The van der Waals surface area contributed by atoms with Gasteiger partial charge in [-0.05, 0) is 35.9 Å². The molecule has 4 aromatic rings. The van der Waals surface area contributed by atoms with Crippen LogP contribution in [-0.2, 0) is 6.54 Å². The third-order valence-corrected chi connectivity index (χ3v) is 4.24. The Hall–Kier alpha value is -3.41. The second-order valence-electron chi connectivity index (χ2n) is 6.29. The van der Waals surface area contributed by atoms with Gasteiger partial charge in [-0.3, -0.25) is 4.98 Å². The summed E-state index contributed by atoms with van der Waals surface area (Å²) in [6, 6.07) is 14.2. The van der Waals surface area contributed by atoms with Crippen molar-refractivity contribution in [2.24, 2.45) is 0 Å². The van der Waals surface area contributed by atoms with E-state index in [1.165, 1.54) is 11.3 Å². The molecule has 3 heterocycles. The summed E-state index contributed by atoms with van der Waals surface area (Å²) in [6.07, 6.45) is 5.31. The van der Waals surface area contributed by atoms with E-state index in [1.54, 1.807) is 18.6 Å². The average molecular weight is 344 g/mol. The Morgan fingerprint density at radius 1 is 1.04 bits per heavy atom. The number of rotatable bonds is 5. The zero-order valence-corrected chi connectivity index (χ0v) is 14.8. The van der Waals surface area contributed by atoms with Crippen molar-refractivity contribution in [3.05, 3.63) is 66.6 Å². The molecular formula is C20H20N6. The third-order valence-electron chi connectivity index (χ3n) is 4.24. The lowest BCUT2D eigenvalue weighted by atomic mass is 10.2. The third kappa shape index (κ3) is 3.21. The van der Waals surface area contributed by atoms with E-state index in [1.807, 2.05) is 32.3 Å². The van der Waals surface area contributed by atoms with Crippen LogP contribution in [0.25, 0.3) is 22.4 Å². The number of pyridine rings is 2. The van der Waals surface area contributed by atoms with Gasteiger partial charge in [0.2, 0.25) is 0 Å². The highest BCUT2D eigenvalue weighted by molar-refractivity contribution is 5.88. The molecule has 130 valence electrons. The van der Waals surface area contributed by atoms with E-state index in [2.05, 4.69) is 49.4 Å². The summed E-state index contributed by atoms with van der Waals surface area (Å²) in [5, 5.41) is 3.41. The van der Waals surface area contributed by atoms with E-state index < -0.39 is 0 Å². The van der Waals surface area contributed by atoms with Crippen LogP contribution in [0.1, 0.15) is 5.56 Å². The summed E-state index contributed by atoms with van der Waals surface area (Å²) >= 11 is 0. The van der Waals surface area contributed by atoms with E-state index in [0.717, 1.165) is 28.2 Å². The molecule has 0 aliphatic heterocycles. The zero-order chi connectivity index (χ0) is 17.9. The van der Waals surface area contributed by atoms with Gasteiger partial charge in [-0.15, -0.1) is 0 Å². The molecule has 4 rings (SSSR count). The van der Waals surface area contributed by atoms with Crippen molar-refractivity contribution in [1.29, 1.82) is 0 Å². The molecular weight excluding hydrogens is 324 g/mol. The molecule has 3 aromatic heterocycles. The van der Waals surface area contributed by atoms with Crippen LogP contribution in [0, 0.1) is 0 Å². The number of fused-ring (bicyclic) bond motifs is 1. The molecule has 0 spiro atoms. The van der Waals surface area contributed by atoms with E-state index in [9.17, 15) is 0 Å². The number of hydrogen-bond donors (Lipinski definition) is 2. The highest BCUT2D eigenvalue weighted by Crippen LogP contribution is 2.24. The van der Waals surface area contributed by atoms with E-state index in [-0.39, 0.29) is 0 Å². The minimum Gasteiger partial charge on any atom is -0.378 e. The summed E-state index contributed by atoms with van der Waals surface area (Å²) < 4.78 is 0. The average Bonchev–Trinajstić information content (AvgIpc) is 3.12. The Labute approximate surface area is 151 Å². The van der Waals surface area contributed by atoms with Gasteiger partial charge in [0.05, 0.1) is 5.52 Å². The molecule has 2 N–H and O–H groups in total. The Morgan fingerprint density at radius 3 is 2.69 bits per heavy atom. The van der Waals surface area contributed by atoms with Crippen LogP contribution in [0.4, 0.5) is 11.5 Å². The van der Waals surface area contributed by atoms with Crippen molar-refractivity contribution >= 4 is 22.5 Å². The molecule has 0 saturated heterocycles. The van der Waals surface area contributed by atoms with Crippen LogP contribution in [-0.4, -0.2) is 34.0 Å². The maximum atomic E-state index is 4.72. The van der Waals surface area contributed by atoms with Crippen LogP contribution in [0.2, 0.25) is 0 Å². The maximum absolute atomic E-state index is 4.72. The quantitative estimate of drug-likeness (QED) is 0.578. The molecule has 0 unspecified atom stereocenters. The maximum Gasteiger partial charge on any atom is 0.154 e. The first-order chi connectivity index (χ1) is 12.7. The molecule has 1 aromatic carbocycles. The minimum absolute atomic E-state index is 0.686. The molecule has 0 aliphatic rings. The first-order valence-electron chi connectivity index (χ1n) is 8.46. The van der Waals surface area contributed by atoms with Gasteiger partial charge in [-0.25, -0.2) is 9.97 Å². The van der Waals surface area contributed by atoms with Crippen LogP contribution in [0.15, 0.2) is 61.1 Å². The van der Waals surface area contributed by atoms with Crippen molar-refractivity contribution < 1.29 is 0 Å². The van der Waals surface area contributed by atoms with Crippen LogP contribution in [0.3, 0.4) is 0 Å². The lowest BCUT2D eigenvalue weighted by Crippen LogP contribution is -2.09. The highest BCUT2D eigenvalue weighted by Gasteiger charge is 2.10. The molecule has 0 saturated carbocycles. The predicted molar refractivity (Wildman–Crippen MR) is 105 cm³/mol. The van der Waals surface area contributed by atoms with Gasteiger partial charge in [0.1, 0.15) is 11.3 Å². The molecule has 6 heteroatoms. The molecule has 0 bridgehead atoms. The summed E-state index contributed by atoms with van der Waals surface area (Å²) in [6.45, 7) is 0.686. The molecule has 26 heavy (non-hydrogen) atoms. The SMILES string of the molecule is CN(C)c1cccc(CNc2nccc3[nH]c(-c4ccncc4)nc23)c1. The van der Waals surface area contributed by atoms with Gasteiger partial charge in [0, 0.05) is 50.5 Å². The van der Waals surface area contributed by atoms with Crippen molar-refractivity contribution in [3.63, 3.8) is 0 Å². The standard InChI is InChI=1S/C20H20N6/c1-26(2)16-5-3-4-14(12-16)13-23-20-18-17(8-11-22-20)24-19(25-18)15-6-9-21-10-7-15/h3-12H,13H2,1-2H3,(H,22,23)(H,24,25). The summed E-state index contributed by atoms with van der Waals surface area (Å²) in [7, 11) is 4.08. The number of benzene rings is 1. The van der Waals surface area contributed by atoms with Crippen molar-refractivity contribution in [2.45, 2.75) is 6.54 Å². The predicted octanol–water partition coefficient (Wildman–Crippen LogP) is 3.70. The van der Waals surface area contributed by atoms with Crippen molar-refractivity contribution in [1.82, 2.24) is 19.9 Å². The second kappa shape index (κ2) is 6.84. The number of nitrogens with zero attached hydrogens (tertiary/aromatic N) is 4. The number of aromatic amines is 1. The molecule has 6 nitrogen and oxygen atoms in total. The molecule has 0 radical (unpaired) electrons. The topological polar surface area (TPSA) is 69.7 Å². The lowest BCUT2D eigenvalue weighted by molar-refractivity contribution is 1.09. The molecule has 0 aliphatic carbocycles. The fourth-order valence-corrected chi connectivity index (χ4v) is 2.84.